The molecule has 18 heavy (non-hydrogen) atoms. The quantitative estimate of drug-likeness (QED) is 0.664. The maximum Gasteiger partial charge on any atom is 0.248 e. The molecule has 0 atom stereocenters. The Kier molecular flexibility index (Phi) is 4.48. The third kappa shape index (κ3) is 3.35. The van der Waals surface area contributed by atoms with Crippen molar-refractivity contribution < 1.29 is 8.82 Å². The first-order valence-electron chi connectivity index (χ1n) is 6.63. The Bertz CT molecular complexity index is 416. The van der Waals surface area contributed by atoms with E-state index in [2.05, 4.69) is 29.0 Å². The molecule has 100 valence electrons. The van der Waals surface area contributed by atoms with Gasteiger partial charge in [0.15, 0.2) is 0 Å². The van der Waals surface area contributed by atoms with E-state index in [1.807, 2.05) is 0 Å². The summed E-state index contributed by atoms with van der Waals surface area (Å²) in [5.41, 5.74) is 0.725. The summed E-state index contributed by atoms with van der Waals surface area (Å²) in [6, 6.07) is 4.67. The van der Waals surface area contributed by atoms with Gasteiger partial charge in [0.25, 0.3) is 0 Å². The molecule has 0 N–H and O–H groups in total. The standard InChI is InChI=1S/C14H20BrFOSi/c1-18(2,12-6-4-3-5-7-12)17-14-9-8-11(16)10-13(14)15/h8-10,12H,3-7H2,1-2H3. The fourth-order valence-electron chi connectivity index (χ4n) is 2.72. The number of hydrogen-bond acceptors (Lipinski definition) is 1. The second-order valence-electron chi connectivity index (χ2n) is 5.62. The predicted octanol–water partition coefficient (Wildman–Crippen LogP) is 5.51. The highest BCUT2D eigenvalue weighted by atomic mass is 79.9. The van der Waals surface area contributed by atoms with E-state index in [1.165, 1.54) is 44.2 Å². The number of rotatable bonds is 3. The van der Waals surface area contributed by atoms with Gasteiger partial charge in [0.05, 0.1) is 4.47 Å². The lowest BCUT2D eigenvalue weighted by Crippen LogP contribution is -2.41. The van der Waals surface area contributed by atoms with Gasteiger partial charge >= 0.3 is 0 Å². The molecule has 4 heteroatoms. The summed E-state index contributed by atoms with van der Waals surface area (Å²) in [5.74, 6) is 0.560. The molecule has 1 fully saturated rings. The van der Waals surface area contributed by atoms with E-state index in [-0.39, 0.29) is 5.82 Å². The molecule has 0 aliphatic heterocycles. The Balaban J connectivity index is 2.10. The van der Waals surface area contributed by atoms with E-state index in [0.717, 1.165) is 15.8 Å². The molecule has 0 unspecified atom stereocenters. The maximum atomic E-state index is 13.1. The molecule has 1 aliphatic carbocycles. The average molecular weight is 331 g/mol. The van der Waals surface area contributed by atoms with Crippen LogP contribution in [0.25, 0.3) is 0 Å². The van der Waals surface area contributed by atoms with Crippen molar-refractivity contribution in [2.75, 3.05) is 0 Å². The molecule has 0 spiro atoms. The zero-order valence-corrected chi connectivity index (χ0v) is 13.6. The van der Waals surface area contributed by atoms with Crippen molar-refractivity contribution in [3.05, 3.63) is 28.5 Å². The van der Waals surface area contributed by atoms with Crippen molar-refractivity contribution in [3.63, 3.8) is 0 Å². The van der Waals surface area contributed by atoms with Gasteiger partial charge in [-0.05, 0) is 65.6 Å². The van der Waals surface area contributed by atoms with Gasteiger partial charge in [0, 0.05) is 0 Å². The lowest BCUT2D eigenvalue weighted by molar-refractivity contribution is 0.438. The molecule has 0 aromatic heterocycles. The predicted molar refractivity (Wildman–Crippen MR) is 79.0 cm³/mol. The van der Waals surface area contributed by atoms with Crippen LogP contribution in [0.5, 0.6) is 5.75 Å². The average Bonchev–Trinajstić information content (AvgIpc) is 2.34. The summed E-state index contributed by atoms with van der Waals surface area (Å²) in [4.78, 5) is 0. The number of hydrogen-bond donors (Lipinski definition) is 0. The van der Waals surface area contributed by atoms with E-state index >= 15 is 0 Å². The maximum absolute atomic E-state index is 13.1. The zero-order chi connectivity index (χ0) is 13.2. The van der Waals surface area contributed by atoms with Crippen LogP contribution >= 0.6 is 15.9 Å². The molecule has 0 amide bonds. The SMILES string of the molecule is C[Si](C)(Oc1ccc(F)cc1Br)C1CCCCC1. The van der Waals surface area contributed by atoms with Gasteiger partial charge in [-0.2, -0.15) is 0 Å². The van der Waals surface area contributed by atoms with Crippen LogP contribution in [-0.4, -0.2) is 8.32 Å². The van der Waals surface area contributed by atoms with E-state index in [1.54, 1.807) is 6.07 Å². The molecule has 1 aromatic rings. The molecule has 1 saturated carbocycles. The van der Waals surface area contributed by atoms with Crippen molar-refractivity contribution >= 4 is 24.2 Å². The summed E-state index contributed by atoms with van der Waals surface area (Å²) < 4.78 is 20.0. The molecule has 1 aromatic carbocycles. The Morgan fingerprint density at radius 1 is 1.22 bits per heavy atom. The largest absolute Gasteiger partial charge is 0.543 e. The number of benzene rings is 1. The van der Waals surface area contributed by atoms with Crippen LogP contribution in [0.15, 0.2) is 22.7 Å². The smallest absolute Gasteiger partial charge is 0.248 e. The molecule has 2 rings (SSSR count). The van der Waals surface area contributed by atoms with E-state index in [9.17, 15) is 4.39 Å². The Morgan fingerprint density at radius 2 is 1.89 bits per heavy atom. The van der Waals surface area contributed by atoms with E-state index in [4.69, 9.17) is 4.43 Å². The summed E-state index contributed by atoms with van der Waals surface area (Å²) in [7, 11) is -1.74. The van der Waals surface area contributed by atoms with Crippen molar-refractivity contribution in [2.24, 2.45) is 0 Å². The summed E-state index contributed by atoms with van der Waals surface area (Å²) in [5, 5.41) is 0. The monoisotopic (exact) mass is 330 g/mol. The zero-order valence-electron chi connectivity index (χ0n) is 11.0. The Morgan fingerprint density at radius 3 is 2.50 bits per heavy atom. The molecule has 0 radical (unpaired) electrons. The fraction of sp³-hybridized carbons (Fsp3) is 0.571. The molecule has 0 heterocycles. The van der Waals surface area contributed by atoms with Crippen molar-refractivity contribution in [1.82, 2.24) is 0 Å². The minimum absolute atomic E-state index is 0.230. The van der Waals surface area contributed by atoms with Crippen molar-refractivity contribution in [2.45, 2.75) is 50.7 Å². The Hall–Kier alpha value is -0.353. The lowest BCUT2D eigenvalue weighted by atomic mass is 10.0. The summed E-state index contributed by atoms with van der Waals surface area (Å²) >= 11 is 3.38. The van der Waals surface area contributed by atoms with Crippen LogP contribution in [-0.2, 0) is 0 Å². The van der Waals surface area contributed by atoms with E-state index in [0.29, 0.717) is 0 Å². The van der Waals surface area contributed by atoms with Crippen LogP contribution in [0.1, 0.15) is 32.1 Å². The molecule has 1 nitrogen and oxygen atoms in total. The first kappa shape index (κ1) is 14.1. The van der Waals surface area contributed by atoms with Gasteiger partial charge in [-0.25, -0.2) is 4.39 Å². The van der Waals surface area contributed by atoms with Crippen molar-refractivity contribution in [1.29, 1.82) is 0 Å². The molecular weight excluding hydrogens is 311 g/mol. The highest BCUT2D eigenvalue weighted by Gasteiger charge is 2.36. The van der Waals surface area contributed by atoms with Crippen LogP contribution in [0.4, 0.5) is 4.39 Å². The summed E-state index contributed by atoms with van der Waals surface area (Å²) in [6.45, 7) is 4.55. The van der Waals surface area contributed by atoms with Crippen molar-refractivity contribution in [3.8, 4) is 5.75 Å². The first-order chi connectivity index (χ1) is 8.49. The van der Waals surface area contributed by atoms with Crippen LogP contribution in [0.2, 0.25) is 18.6 Å². The van der Waals surface area contributed by atoms with E-state index < -0.39 is 8.32 Å². The minimum Gasteiger partial charge on any atom is -0.543 e. The molecule has 0 saturated heterocycles. The lowest BCUT2D eigenvalue weighted by Gasteiger charge is -2.35. The molecule has 0 bridgehead atoms. The number of halogens is 2. The van der Waals surface area contributed by atoms with Gasteiger partial charge in [0.1, 0.15) is 11.6 Å². The molecule has 1 aliphatic rings. The fourth-order valence-corrected chi connectivity index (χ4v) is 6.01. The normalized spacial score (nSPS) is 17.8. The second-order valence-corrected chi connectivity index (χ2v) is 10.7. The second kappa shape index (κ2) is 5.74. The summed E-state index contributed by atoms with van der Waals surface area (Å²) in [6.07, 6.45) is 6.60. The van der Waals surface area contributed by atoms with Gasteiger partial charge < -0.3 is 4.43 Å². The van der Waals surface area contributed by atoms with Gasteiger partial charge in [-0.3, -0.25) is 0 Å². The van der Waals surface area contributed by atoms with Crippen LogP contribution in [0.3, 0.4) is 0 Å². The topological polar surface area (TPSA) is 9.23 Å². The third-order valence-corrected chi connectivity index (χ3v) is 7.76. The highest BCUT2D eigenvalue weighted by molar-refractivity contribution is 9.10. The first-order valence-corrected chi connectivity index (χ1v) is 10.4. The Labute approximate surface area is 118 Å². The van der Waals surface area contributed by atoms with Crippen LogP contribution < -0.4 is 4.43 Å². The highest BCUT2D eigenvalue weighted by Crippen LogP contribution is 2.39. The third-order valence-electron chi connectivity index (χ3n) is 3.86. The minimum atomic E-state index is -1.74. The van der Waals surface area contributed by atoms with Gasteiger partial charge in [-0.15, -0.1) is 0 Å². The van der Waals surface area contributed by atoms with Gasteiger partial charge in [0.2, 0.25) is 8.32 Å². The molecular formula is C14H20BrFOSi. The van der Waals surface area contributed by atoms with Crippen LogP contribution in [0, 0.1) is 5.82 Å². The van der Waals surface area contributed by atoms with Gasteiger partial charge in [-0.1, -0.05) is 19.3 Å².